The first-order valence-corrected chi connectivity index (χ1v) is 5.99. The molecular weight excluding hydrogens is 250 g/mol. The van der Waals surface area contributed by atoms with Gasteiger partial charge in [0.2, 0.25) is 0 Å². The van der Waals surface area contributed by atoms with E-state index >= 15 is 0 Å². The molecule has 4 N–H and O–H groups in total. The van der Waals surface area contributed by atoms with Gasteiger partial charge in [0.1, 0.15) is 11.4 Å². The van der Waals surface area contributed by atoms with Gasteiger partial charge in [0.05, 0.1) is 11.9 Å². The van der Waals surface area contributed by atoms with Crippen molar-refractivity contribution in [1.82, 2.24) is 6.15 Å². The van der Waals surface area contributed by atoms with Crippen LogP contribution in [0.2, 0.25) is 0 Å². The maximum atomic E-state index is 4.34. The number of anilines is 1. The minimum Gasteiger partial charge on any atom is -0.344 e. The summed E-state index contributed by atoms with van der Waals surface area (Å²) in [4.78, 5) is 0. The average molecular weight is 265 g/mol. The third-order valence-electron chi connectivity index (χ3n) is 2.71. The Morgan fingerprint density at radius 2 is 1.50 bits per heavy atom. The van der Waals surface area contributed by atoms with Gasteiger partial charge < -0.3 is 6.15 Å². The molecule has 0 atom stereocenters. The van der Waals surface area contributed by atoms with E-state index in [9.17, 15) is 0 Å². The van der Waals surface area contributed by atoms with Crippen molar-refractivity contribution in [2.45, 2.75) is 0 Å². The minimum absolute atomic E-state index is 0. The van der Waals surface area contributed by atoms with E-state index in [2.05, 4.69) is 20.7 Å². The molecule has 3 rings (SSSR count). The van der Waals surface area contributed by atoms with Crippen LogP contribution in [-0.4, -0.2) is 17.6 Å². The van der Waals surface area contributed by atoms with Crippen LogP contribution in [0.25, 0.3) is 0 Å². The molecule has 5 nitrogen and oxygen atoms in total. The highest BCUT2D eigenvalue weighted by molar-refractivity contribution is 6.67. The number of benzene rings is 2. The second-order valence-corrected chi connectivity index (χ2v) is 4.03. The Kier molecular flexibility index (Phi) is 4.36. The molecular formula is C15H15N5. The van der Waals surface area contributed by atoms with Crippen LogP contribution in [0, 0.1) is 0 Å². The van der Waals surface area contributed by atoms with E-state index in [1.807, 2.05) is 60.7 Å². The van der Waals surface area contributed by atoms with Gasteiger partial charge in [-0.15, -0.1) is 5.10 Å². The molecule has 1 aliphatic rings. The number of nitrogens with zero attached hydrogens (tertiary/aromatic N) is 3. The van der Waals surface area contributed by atoms with Crippen molar-refractivity contribution in [3.05, 3.63) is 66.2 Å². The van der Waals surface area contributed by atoms with Gasteiger partial charge in [-0.2, -0.15) is 10.2 Å². The molecule has 5 heteroatoms. The van der Waals surface area contributed by atoms with E-state index in [1.54, 1.807) is 6.21 Å². The highest BCUT2D eigenvalue weighted by Crippen LogP contribution is 2.09. The molecule has 0 unspecified atom stereocenters. The van der Waals surface area contributed by atoms with E-state index in [4.69, 9.17) is 0 Å². The van der Waals surface area contributed by atoms with Crippen LogP contribution in [0.1, 0.15) is 5.56 Å². The fraction of sp³-hybridized carbons (Fsp3) is 0. The molecule has 2 aromatic carbocycles. The molecule has 0 saturated heterocycles. The van der Waals surface area contributed by atoms with Gasteiger partial charge in [-0.1, -0.05) is 48.5 Å². The van der Waals surface area contributed by atoms with Crippen LogP contribution >= 0.6 is 0 Å². The van der Waals surface area contributed by atoms with Crippen molar-refractivity contribution in [3.63, 3.8) is 0 Å². The summed E-state index contributed by atoms with van der Waals surface area (Å²) in [5, 5.41) is 12.4. The first-order chi connectivity index (χ1) is 9.43. The molecule has 0 spiro atoms. The molecule has 0 aromatic heterocycles. The lowest BCUT2D eigenvalue weighted by Crippen LogP contribution is -2.15. The molecule has 1 aliphatic heterocycles. The Bertz CT molecular complexity index is 644. The second-order valence-electron chi connectivity index (χ2n) is 4.03. The topological polar surface area (TPSA) is 84.1 Å². The third-order valence-corrected chi connectivity index (χ3v) is 2.71. The van der Waals surface area contributed by atoms with Crippen molar-refractivity contribution in [2.24, 2.45) is 15.3 Å². The SMILES string of the molecule is C1=NN=C(c2ccccc2)C1=NNc1ccccc1.N. The van der Waals surface area contributed by atoms with Gasteiger partial charge in [0, 0.05) is 5.56 Å². The predicted octanol–water partition coefficient (Wildman–Crippen LogP) is 3.11. The largest absolute Gasteiger partial charge is 0.344 e. The fourth-order valence-electron chi connectivity index (χ4n) is 1.77. The summed E-state index contributed by atoms with van der Waals surface area (Å²) in [6, 6.07) is 19.7. The van der Waals surface area contributed by atoms with E-state index in [0.717, 1.165) is 22.7 Å². The molecule has 0 radical (unpaired) electrons. The van der Waals surface area contributed by atoms with Gasteiger partial charge >= 0.3 is 0 Å². The Morgan fingerprint density at radius 3 is 2.20 bits per heavy atom. The standard InChI is InChI=1S/C15H12N4.H3N/c1-3-7-12(8-4-1)15-14(11-16-19-15)18-17-13-9-5-2-6-10-13;/h1-11,17H;1H3. The molecule has 1 heterocycles. The average Bonchev–Trinajstić information content (AvgIpc) is 2.95. The Hall–Kier alpha value is -2.79. The van der Waals surface area contributed by atoms with E-state index in [1.165, 1.54) is 0 Å². The van der Waals surface area contributed by atoms with Crippen molar-refractivity contribution < 1.29 is 0 Å². The molecule has 0 aliphatic carbocycles. The molecule has 2 aromatic rings. The number of hydrogen-bond acceptors (Lipinski definition) is 5. The molecule has 0 bridgehead atoms. The van der Waals surface area contributed by atoms with Gasteiger partial charge in [-0.25, -0.2) is 0 Å². The van der Waals surface area contributed by atoms with Crippen molar-refractivity contribution in [3.8, 4) is 0 Å². The molecule has 100 valence electrons. The Balaban J connectivity index is 0.00000147. The van der Waals surface area contributed by atoms with Gasteiger partial charge in [0.15, 0.2) is 0 Å². The number of hydrazone groups is 1. The van der Waals surface area contributed by atoms with Crippen LogP contribution in [-0.2, 0) is 0 Å². The molecule has 0 fully saturated rings. The van der Waals surface area contributed by atoms with Gasteiger partial charge in [-0.3, -0.25) is 5.43 Å². The maximum Gasteiger partial charge on any atom is 0.132 e. The minimum atomic E-state index is 0. The lowest BCUT2D eigenvalue weighted by molar-refractivity contribution is 1.28. The maximum absolute atomic E-state index is 4.34. The van der Waals surface area contributed by atoms with Gasteiger partial charge in [-0.05, 0) is 12.1 Å². The lowest BCUT2D eigenvalue weighted by Gasteiger charge is -2.03. The number of rotatable bonds is 3. The third kappa shape index (κ3) is 2.96. The second kappa shape index (κ2) is 6.40. The molecule has 0 amide bonds. The first-order valence-electron chi connectivity index (χ1n) is 5.99. The lowest BCUT2D eigenvalue weighted by atomic mass is 10.1. The number of nitrogens with one attached hydrogen (secondary N) is 1. The number of hydrogen-bond donors (Lipinski definition) is 2. The van der Waals surface area contributed by atoms with Crippen LogP contribution in [0.5, 0.6) is 0 Å². The zero-order chi connectivity index (χ0) is 12.9. The van der Waals surface area contributed by atoms with Gasteiger partial charge in [0.25, 0.3) is 0 Å². The zero-order valence-corrected chi connectivity index (χ0v) is 10.9. The Labute approximate surface area is 117 Å². The molecule has 0 saturated carbocycles. The Morgan fingerprint density at radius 1 is 0.850 bits per heavy atom. The summed E-state index contributed by atoms with van der Waals surface area (Å²) in [5.41, 5.74) is 6.46. The highest BCUT2D eigenvalue weighted by Gasteiger charge is 2.14. The van der Waals surface area contributed by atoms with E-state index in [0.29, 0.717) is 0 Å². The predicted molar refractivity (Wildman–Crippen MR) is 84.0 cm³/mol. The quantitative estimate of drug-likeness (QED) is 0.836. The number of para-hydroxylation sites is 1. The smallest absolute Gasteiger partial charge is 0.132 e. The summed E-state index contributed by atoms with van der Waals surface area (Å²) in [6.07, 6.45) is 1.65. The zero-order valence-electron chi connectivity index (χ0n) is 10.9. The summed E-state index contributed by atoms with van der Waals surface area (Å²) in [6.45, 7) is 0. The van der Waals surface area contributed by atoms with Crippen molar-refractivity contribution >= 4 is 23.3 Å². The summed E-state index contributed by atoms with van der Waals surface area (Å²) in [5.74, 6) is 0. The highest BCUT2D eigenvalue weighted by atomic mass is 15.3. The van der Waals surface area contributed by atoms with Crippen molar-refractivity contribution in [2.75, 3.05) is 5.43 Å². The van der Waals surface area contributed by atoms with E-state index < -0.39 is 0 Å². The van der Waals surface area contributed by atoms with Crippen molar-refractivity contribution in [1.29, 1.82) is 0 Å². The molecule has 20 heavy (non-hydrogen) atoms. The van der Waals surface area contributed by atoms with E-state index in [-0.39, 0.29) is 6.15 Å². The first kappa shape index (κ1) is 13.6. The fourth-order valence-corrected chi connectivity index (χ4v) is 1.77. The van der Waals surface area contributed by atoms with Crippen LogP contribution in [0.3, 0.4) is 0 Å². The monoisotopic (exact) mass is 265 g/mol. The summed E-state index contributed by atoms with van der Waals surface area (Å²) >= 11 is 0. The van der Waals surface area contributed by atoms with Crippen LogP contribution in [0.15, 0.2) is 76.0 Å². The van der Waals surface area contributed by atoms with Crippen LogP contribution in [0.4, 0.5) is 5.69 Å². The summed E-state index contributed by atoms with van der Waals surface area (Å²) < 4.78 is 0. The van der Waals surface area contributed by atoms with Crippen LogP contribution < -0.4 is 11.6 Å². The normalized spacial score (nSPS) is 14.8. The summed E-state index contributed by atoms with van der Waals surface area (Å²) in [7, 11) is 0.